The van der Waals surface area contributed by atoms with Crippen molar-refractivity contribution >= 4 is 18.5 Å². The number of Topliss-reactive ketones (excluding diaryl/α,β-unsaturated/α-hetero) is 1. The Kier molecular flexibility index (Phi) is 5.27. The Balaban J connectivity index is 2.48. The molecule has 0 aliphatic rings. The fourth-order valence-corrected chi connectivity index (χ4v) is 4.35. The van der Waals surface area contributed by atoms with Gasteiger partial charge in [-0.25, -0.2) is 0 Å². The maximum atomic E-state index is 13.3. The molecule has 2 rings (SSSR count). The second-order valence-corrected chi connectivity index (χ2v) is 7.10. The summed E-state index contributed by atoms with van der Waals surface area (Å²) in [5, 5.41) is 9.84. The van der Waals surface area contributed by atoms with E-state index in [1.807, 2.05) is 6.07 Å². The lowest BCUT2D eigenvalue weighted by Gasteiger charge is -2.22. The van der Waals surface area contributed by atoms with Crippen molar-refractivity contribution in [2.75, 3.05) is 6.61 Å². The third-order valence-electron chi connectivity index (χ3n) is 3.21. The van der Waals surface area contributed by atoms with Crippen LogP contribution in [0.4, 0.5) is 0 Å². The minimum atomic E-state index is -3.61. The molecule has 22 heavy (non-hydrogen) atoms. The SMILES string of the molecule is CCO[P@](=O)(c1ccccc1)[C@@H](C#N)C(=O)c1ccccc1. The van der Waals surface area contributed by atoms with Gasteiger partial charge in [-0.1, -0.05) is 48.5 Å². The smallest absolute Gasteiger partial charge is 0.256 e. The average Bonchev–Trinajstić information content (AvgIpc) is 2.57. The molecule has 0 unspecified atom stereocenters. The molecule has 0 saturated carbocycles. The highest BCUT2D eigenvalue weighted by Gasteiger charge is 2.41. The van der Waals surface area contributed by atoms with Crippen molar-refractivity contribution in [1.82, 2.24) is 0 Å². The number of hydrogen-bond acceptors (Lipinski definition) is 4. The summed E-state index contributed by atoms with van der Waals surface area (Å²) in [5.74, 6) is -0.483. The average molecular weight is 313 g/mol. The van der Waals surface area contributed by atoms with Crippen molar-refractivity contribution in [3.8, 4) is 6.07 Å². The van der Waals surface area contributed by atoms with E-state index < -0.39 is 18.8 Å². The van der Waals surface area contributed by atoms with Gasteiger partial charge in [-0.2, -0.15) is 5.26 Å². The molecule has 4 nitrogen and oxygen atoms in total. The van der Waals surface area contributed by atoms with E-state index in [-0.39, 0.29) is 6.61 Å². The molecule has 0 aliphatic carbocycles. The molecule has 0 aromatic heterocycles. The summed E-state index contributed by atoms with van der Waals surface area (Å²) < 4.78 is 18.7. The Bertz CT molecular complexity index is 723. The van der Waals surface area contributed by atoms with Gasteiger partial charge in [-0.15, -0.1) is 0 Å². The molecule has 0 amide bonds. The van der Waals surface area contributed by atoms with Crippen LogP contribution in [0.3, 0.4) is 0 Å². The number of nitriles is 1. The van der Waals surface area contributed by atoms with Gasteiger partial charge in [-0.05, 0) is 19.1 Å². The summed E-state index contributed by atoms with van der Waals surface area (Å²) >= 11 is 0. The van der Waals surface area contributed by atoms with E-state index in [0.717, 1.165) is 0 Å². The van der Waals surface area contributed by atoms with Gasteiger partial charge in [0.15, 0.2) is 11.4 Å². The van der Waals surface area contributed by atoms with Gasteiger partial charge >= 0.3 is 0 Å². The second kappa shape index (κ2) is 7.17. The molecule has 0 heterocycles. The zero-order valence-corrected chi connectivity index (χ0v) is 13.1. The lowest BCUT2D eigenvalue weighted by Crippen LogP contribution is -2.26. The van der Waals surface area contributed by atoms with Crippen LogP contribution in [0.15, 0.2) is 60.7 Å². The molecule has 0 N–H and O–H groups in total. The molecule has 0 saturated heterocycles. The van der Waals surface area contributed by atoms with Crippen molar-refractivity contribution in [3.05, 3.63) is 66.2 Å². The quantitative estimate of drug-likeness (QED) is 0.605. The molecule has 2 aromatic carbocycles. The van der Waals surface area contributed by atoms with Crippen LogP contribution in [0.1, 0.15) is 17.3 Å². The summed E-state index contributed by atoms with van der Waals surface area (Å²) in [7, 11) is -3.61. The van der Waals surface area contributed by atoms with E-state index >= 15 is 0 Å². The van der Waals surface area contributed by atoms with E-state index in [1.54, 1.807) is 67.6 Å². The minimum Gasteiger partial charge on any atom is -0.324 e. The Morgan fingerprint density at radius 1 is 1.14 bits per heavy atom. The first-order valence-corrected chi connectivity index (χ1v) is 8.61. The van der Waals surface area contributed by atoms with E-state index in [4.69, 9.17) is 4.52 Å². The molecule has 0 aliphatic heterocycles. The number of nitrogens with zero attached hydrogens (tertiary/aromatic N) is 1. The monoisotopic (exact) mass is 313 g/mol. The van der Waals surface area contributed by atoms with Crippen LogP contribution in [0.25, 0.3) is 0 Å². The highest BCUT2D eigenvalue weighted by atomic mass is 31.2. The summed E-state index contributed by atoms with van der Waals surface area (Å²) in [4.78, 5) is 12.6. The second-order valence-electron chi connectivity index (χ2n) is 4.61. The summed E-state index contributed by atoms with van der Waals surface area (Å²) in [6, 6.07) is 18.7. The minimum absolute atomic E-state index is 0.159. The fourth-order valence-electron chi connectivity index (χ4n) is 2.17. The first-order chi connectivity index (χ1) is 10.6. The van der Waals surface area contributed by atoms with Crippen LogP contribution < -0.4 is 5.30 Å². The Morgan fingerprint density at radius 2 is 1.68 bits per heavy atom. The number of benzene rings is 2. The van der Waals surface area contributed by atoms with Crippen molar-refractivity contribution in [2.24, 2.45) is 0 Å². The maximum Gasteiger partial charge on any atom is 0.256 e. The van der Waals surface area contributed by atoms with Crippen molar-refractivity contribution in [2.45, 2.75) is 12.6 Å². The first kappa shape index (κ1) is 16.2. The molecular weight excluding hydrogens is 297 g/mol. The first-order valence-electron chi connectivity index (χ1n) is 6.92. The van der Waals surface area contributed by atoms with E-state index in [1.165, 1.54) is 0 Å². The molecule has 2 atom stereocenters. The van der Waals surface area contributed by atoms with E-state index in [9.17, 15) is 14.6 Å². The molecule has 2 aromatic rings. The van der Waals surface area contributed by atoms with Gasteiger partial charge in [0, 0.05) is 10.9 Å². The van der Waals surface area contributed by atoms with E-state index in [0.29, 0.717) is 10.9 Å². The van der Waals surface area contributed by atoms with Crippen LogP contribution in [0, 0.1) is 11.3 Å². The van der Waals surface area contributed by atoms with Gasteiger partial charge in [0.2, 0.25) is 0 Å². The topological polar surface area (TPSA) is 67.2 Å². The maximum absolute atomic E-state index is 13.3. The van der Waals surface area contributed by atoms with Crippen molar-refractivity contribution < 1.29 is 13.9 Å². The highest BCUT2D eigenvalue weighted by Crippen LogP contribution is 2.51. The molecule has 112 valence electrons. The van der Waals surface area contributed by atoms with Crippen LogP contribution in [-0.2, 0) is 9.09 Å². The third kappa shape index (κ3) is 3.17. The predicted octanol–water partition coefficient (Wildman–Crippen LogP) is 3.40. The van der Waals surface area contributed by atoms with Crippen LogP contribution in [-0.4, -0.2) is 18.0 Å². The van der Waals surface area contributed by atoms with Gasteiger partial charge in [-0.3, -0.25) is 9.36 Å². The zero-order chi connectivity index (χ0) is 16.0. The van der Waals surface area contributed by atoms with Crippen LogP contribution in [0.2, 0.25) is 0 Å². The van der Waals surface area contributed by atoms with Crippen LogP contribution in [0.5, 0.6) is 0 Å². The molecule has 0 spiro atoms. The standard InChI is InChI=1S/C17H16NO3P/c1-2-21-22(20,15-11-7-4-8-12-15)16(13-18)17(19)14-9-5-3-6-10-14/h3-12,16H,2H2,1H3/t16-,22+/m0/s1. The number of carbonyl (C=O) groups excluding carboxylic acids is 1. The normalized spacial score (nSPS) is 14.5. The zero-order valence-electron chi connectivity index (χ0n) is 12.2. The van der Waals surface area contributed by atoms with Gasteiger partial charge in [0.1, 0.15) is 0 Å². The van der Waals surface area contributed by atoms with Crippen molar-refractivity contribution in [1.29, 1.82) is 5.26 Å². The Morgan fingerprint density at radius 3 is 2.18 bits per heavy atom. The fraction of sp³-hybridized carbons (Fsp3) is 0.176. The summed E-state index contributed by atoms with van der Waals surface area (Å²) in [6.45, 7) is 1.85. The molecule has 5 heteroatoms. The molecule has 0 bridgehead atoms. The highest BCUT2D eigenvalue weighted by molar-refractivity contribution is 7.69. The van der Waals surface area contributed by atoms with Crippen LogP contribution >= 0.6 is 7.37 Å². The summed E-state index contributed by atoms with van der Waals surface area (Å²) in [6.07, 6.45) is 0. The van der Waals surface area contributed by atoms with E-state index in [2.05, 4.69) is 0 Å². The molecule has 0 radical (unpaired) electrons. The third-order valence-corrected chi connectivity index (χ3v) is 5.90. The summed E-state index contributed by atoms with van der Waals surface area (Å²) in [5.41, 5.74) is -0.998. The number of hydrogen-bond donors (Lipinski definition) is 0. The van der Waals surface area contributed by atoms with Crippen molar-refractivity contribution in [3.63, 3.8) is 0 Å². The largest absolute Gasteiger partial charge is 0.324 e. The Labute approximate surface area is 129 Å². The van der Waals surface area contributed by atoms with Gasteiger partial charge < -0.3 is 4.52 Å². The lowest BCUT2D eigenvalue weighted by molar-refractivity contribution is 0.0996. The predicted molar refractivity (Wildman–Crippen MR) is 85.5 cm³/mol. The molecular formula is C17H16NO3P. The van der Waals surface area contributed by atoms with Gasteiger partial charge in [0.25, 0.3) is 7.37 Å². The molecule has 0 fully saturated rings. The number of carbonyl (C=O) groups is 1. The Hall–Kier alpha value is -2.21. The number of rotatable bonds is 6. The van der Waals surface area contributed by atoms with Gasteiger partial charge in [0.05, 0.1) is 12.7 Å². The number of ketones is 1. The lowest BCUT2D eigenvalue weighted by atomic mass is 10.1.